The SMILES string of the molecule is Cc1ccc2nc(SCC(=O)NCC3Cc4cc(F)cc(-c5ncccn5)c4O3)[nH]c2c1. The number of hydrogen-bond donors (Lipinski definition) is 2. The molecule has 0 saturated carbocycles. The lowest BCUT2D eigenvalue weighted by Crippen LogP contribution is -2.35. The van der Waals surface area contributed by atoms with Crippen molar-refractivity contribution in [2.75, 3.05) is 12.3 Å². The zero-order valence-corrected chi connectivity index (χ0v) is 18.1. The highest BCUT2D eigenvalue weighted by Gasteiger charge is 2.28. The molecule has 32 heavy (non-hydrogen) atoms. The maximum Gasteiger partial charge on any atom is 0.230 e. The molecule has 0 radical (unpaired) electrons. The molecule has 4 aromatic rings. The van der Waals surface area contributed by atoms with Crippen LogP contribution in [0.3, 0.4) is 0 Å². The van der Waals surface area contributed by atoms with Gasteiger partial charge in [-0.15, -0.1) is 0 Å². The standard InChI is InChI=1S/C23H20FN5O2S/c1-13-3-4-18-19(7-13)29-23(28-18)32-12-20(30)27-11-16-9-14-8-15(24)10-17(21(14)31-16)22-25-5-2-6-26-22/h2-8,10,16H,9,11-12H2,1H3,(H,27,30)(H,28,29). The molecule has 0 aliphatic carbocycles. The summed E-state index contributed by atoms with van der Waals surface area (Å²) in [6.45, 7) is 2.35. The van der Waals surface area contributed by atoms with E-state index in [1.54, 1.807) is 18.5 Å². The number of fused-ring (bicyclic) bond motifs is 2. The van der Waals surface area contributed by atoms with Crippen LogP contribution >= 0.6 is 11.8 Å². The highest BCUT2D eigenvalue weighted by atomic mass is 32.2. The molecule has 0 fully saturated rings. The number of carbonyl (C=O) groups excluding carboxylic acids is 1. The van der Waals surface area contributed by atoms with E-state index in [0.29, 0.717) is 35.3 Å². The number of carbonyl (C=O) groups is 1. The largest absolute Gasteiger partial charge is 0.487 e. The number of aromatic nitrogens is 4. The monoisotopic (exact) mass is 449 g/mol. The summed E-state index contributed by atoms with van der Waals surface area (Å²) in [6.07, 6.45) is 3.43. The molecular weight excluding hydrogens is 429 g/mol. The van der Waals surface area contributed by atoms with E-state index < -0.39 is 0 Å². The Hall–Kier alpha value is -3.46. The smallest absolute Gasteiger partial charge is 0.230 e. The summed E-state index contributed by atoms with van der Waals surface area (Å²) in [5.41, 5.74) is 4.25. The quantitative estimate of drug-likeness (QED) is 0.436. The number of imidazole rings is 1. The highest BCUT2D eigenvalue weighted by Crippen LogP contribution is 2.38. The number of H-pyrrole nitrogens is 1. The van der Waals surface area contributed by atoms with E-state index in [-0.39, 0.29) is 23.6 Å². The second-order valence-corrected chi connectivity index (χ2v) is 8.58. The predicted octanol–water partition coefficient (Wildman–Crippen LogP) is 3.68. The Balaban J connectivity index is 1.18. The van der Waals surface area contributed by atoms with Gasteiger partial charge < -0.3 is 15.0 Å². The van der Waals surface area contributed by atoms with E-state index in [0.717, 1.165) is 22.2 Å². The number of halogens is 1. The van der Waals surface area contributed by atoms with Crippen molar-refractivity contribution in [1.82, 2.24) is 25.3 Å². The first-order valence-corrected chi connectivity index (χ1v) is 11.2. The normalized spacial score (nSPS) is 14.9. The number of hydrogen-bond acceptors (Lipinski definition) is 6. The van der Waals surface area contributed by atoms with E-state index in [4.69, 9.17) is 4.74 Å². The van der Waals surface area contributed by atoms with E-state index in [9.17, 15) is 9.18 Å². The molecule has 9 heteroatoms. The molecule has 1 aliphatic rings. The fourth-order valence-corrected chi connectivity index (χ4v) is 4.41. The molecule has 3 heterocycles. The van der Waals surface area contributed by atoms with Gasteiger partial charge in [-0.1, -0.05) is 17.8 Å². The number of thioether (sulfide) groups is 1. The minimum atomic E-state index is -0.364. The van der Waals surface area contributed by atoms with Crippen molar-refractivity contribution in [2.45, 2.75) is 24.6 Å². The summed E-state index contributed by atoms with van der Waals surface area (Å²) in [5, 5.41) is 3.60. The first-order valence-electron chi connectivity index (χ1n) is 10.2. The van der Waals surface area contributed by atoms with Crippen molar-refractivity contribution in [1.29, 1.82) is 0 Å². The third-order valence-corrected chi connectivity index (χ3v) is 6.03. The van der Waals surface area contributed by atoms with Crippen molar-refractivity contribution in [3.8, 4) is 17.1 Å². The Bertz CT molecular complexity index is 1290. The Morgan fingerprint density at radius 1 is 1.28 bits per heavy atom. The number of rotatable bonds is 6. The number of nitrogens with zero attached hydrogens (tertiary/aromatic N) is 3. The van der Waals surface area contributed by atoms with Gasteiger partial charge in [-0.2, -0.15) is 0 Å². The van der Waals surface area contributed by atoms with Gasteiger partial charge in [-0.25, -0.2) is 19.3 Å². The minimum Gasteiger partial charge on any atom is -0.487 e. The lowest BCUT2D eigenvalue weighted by Gasteiger charge is -2.13. The average molecular weight is 450 g/mol. The number of amides is 1. The summed E-state index contributed by atoms with van der Waals surface area (Å²) in [6, 6.07) is 10.5. The molecule has 5 rings (SSSR count). The lowest BCUT2D eigenvalue weighted by molar-refractivity contribution is -0.118. The van der Waals surface area contributed by atoms with Gasteiger partial charge in [-0.05, 0) is 42.8 Å². The second-order valence-electron chi connectivity index (χ2n) is 7.61. The maximum atomic E-state index is 14.1. The Labute approximate surface area is 187 Å². The van der Waals surface area contributed by atoms with Crippen LogP contribution in [0.25, 0.3) is 22.4 Å². The van der Waals surface area contributed by atoms with Crippen LogP contribution in [0.1, 0.15) is 11.1 Å². The Kier molecular flexibility index (Phi) is 5.48. The summed E-state index contributed by atoms with van der Waals surface area (Å²) < 4.78 is 20.1. The van der Waals surface area contributed by atoms with Crippen molar-refractivity contribution in [2.24, 2.45) is 0 Å². The van der Waals surface area contributed by atoms with Crippen LogP contribution < -0.4 is 10.1 Å². The maximum absolute atomic E-state index is 14.1. The van der Waals surface area contributed by atoms with Crippen LogP contribution in [0.15, 0.2) is 53.9 Å². The third kappa shape index (κ3) is 4.29. The zero-order chi connectivity index (χ0) is 22.1. The van der Waals surface area contributed by atoms with E-state index in [2.05, 4.69) is 25.3 Å². The second kappa shape index (κ2) is 8.58. The molecule has 1 aliphatic heterocycles. The average Bonchev–Trinajstić information content (AvgIpc) is 3.39. The van der Waals surface area contributed by atoms with Crippen molar-refractivity contribution in [3.05, 3.63) is 65.7 Å². The van der Waals surface area contributed by atoms with Gasteiger partial charge in [0.25, 0.3) is 0 Å². The molecule has 0 bridgehead atoms. The van der Waals surface area contributed by atoms with Gasteiger partial charge in [-0.3, -0.25) is 4.79 Å². The van der Waals surface area contributed by atoms with Gasteiger partial charge >= 0.3 is 0 Å². The molecule has 7 nitrogen and oxygen atoms in total. The summed E-state index contributed by atoms with van der Waals surface area (Å²) >= 11 is 1.35. The number of aromatic amines is 1. The first-order chi connectivity index (χ1) is 15.5. The van der Waals surface area contributed by atoms with Crippen molar-refractivity contribution in [3.63, 3.8) is 0 Å². The molecule has 2 aromatic carbocycles. The fourth-order valence-electron chi connectivity index (χ4n) is 3.69. The van der Waals surface area contributed by atoms with Crippen LogP contribution in [0, 0.1) is 12.7 Å². The van der Waals surface area contributed by atoms with Crippen LogP contribution in [0.2, 0.25) is 0 Å². The predicted molar refractivity (Wildman–Crippen MR) is 120 cm³/mol. The minimum absolute atomic E-state index is 0.121. The number of nitrogens with one attached hydrogen (secondary N) is 2. The molecule has 2 N–H and O–H groups in total. The van der Waals surface area contributed by atoms with Crippen LogP contribution in [-0.4, -0.2) is 44.2 Å². The molecule has 1 amide bonds. The Morgan fingerprint density at radius 2 is 2.12 bits per heavy atom. The van der Waals surface area contributed by atoms with Gasteiger partial charge in [0.1, 0.15) is 17.7 Å². The van der Waals surface area contributed by atoms with Gasteiger partial charge in [0, 0.05) is 24.4 Å². The van der Waals surface area contributed by atoms with Gasteiger partial charge in [0.05, 0.1) is 28.9 Å². The molecular formula is C23H20FN5O2S. The van der Waals surface area contributed by atoms with Gasteiger partial charge in [0.15, 0.2) is 11.0 Å². The van der Waals surface area contributed by atoms with Crippen LogP contribution in [0.5, 0.6) is 5.75 Å². The number of aryl methyl sites for hydroxylation is 1. The summed E-state index contributed by atoms with van der Waals surface area (Å²) in [7, 11) is 0. The zero-order valence-electron chi connectivity index (χ0n) is 17.3. The van der Waals surface area contributed by atoms with E-state index >= 15 is 0 Å². The fraction of sp³-hybridized carbons (Fsp3) is 0.217. The Morgan fingerprint density at radius 3 is 2.97 bits per heavy atom. The van der Waals surface area contributed by atoms with E-state index in [1.165, 1.54) is 23.9 Å². The number of benzene rings is 2. The van der Waals surface area contributed by atoms with Crippen LogP contribution in [-0.2, 0) is 11.2 Å². The first kappa shape index (κ1) is 20.4. The molecule has 0 spiro atoms. The van der Waals surface area contributed by atoms with Crippen LogP contribution in [0.4, 0.5) is 4.39 Å². The van der Waals surface area contributed by atoms with Crippen molar-refractivity contribution < 1.29 is 13.9 Å². The molecule has 0 saturated heterocycles. The van der Waals surface area contributed by atoms with Crippen molar-refractivity contribution >= 4 is 28.7 Å². The van der Waals surface area contributed by atoms with E-state index in [1.807, 2.05) is 25.1 Å². The summed E-state index contributed by atoms with van der Waals surface area (Å²) in [4.78, 5) is 28.5. The lowest BCUT2D eigenvalue weighted by atomic mass is 10.1. The molecule has 1 unspecified atom stereocenters. The topological polar surface area (TPSA) is 92.8 Å². The molecule has 1 atom stereocenters. The summed E-state index contributed by atoms with van der Waals surface area (Å²) in [5.74, 6) is 0.728. The van der Waals surface area contributed by atoms with Gasteiger partial charge in [0.2, 0.25) is 5.91 Å². The highest BCUT2D eigenvalue weighted by molar-refractivity contribution is 7.99. The molecule has 162 valence electrons. The third-order valence-electron chi connectivity index (χ3n) is 5.15. The molecule has 2 aromatic heterocycles. The number of ether oxygens (including phenoxy) is 1.